The van der Waals surface area contributed by atoms with E-state index in [0.29, 0.717) is 6.54 Å². The Kier molecular flexibility index (Phi) is 4.66. The molecule has 0 aromatic heterocycles. The highest BCUT2D eigenvalue weighted by molar-refractivity contribution is 9.10. The lowest BCUT2D eigenvalue weighted by Gasteiger charge is -2.05. The van der Waals surface area contributed by atoms with Gasteiger partial charge in [-0.05, 0) is 39.2 Å². The van der Waals surface area contributed by atoms with Gasteiger partial charge in [0.2, 0.25) is 0 Å². The van der Waals surface area contributed by atoms with Crippen LogP contribution in [0.5, 0.6) is 0 Å². The van der Waals surface area contributed by atoms with Crippen LogP contribution < -0.4 is 5.73 Å². The summed E-state index contributed by atoms with van der Waals surface area (Å²) in [5.74, 6) is 0.969. The molecule has 88 valence electrons. The molecule has 2 rings (SSSR count). The van der Waals surface area contributed by atoms with Crippen molar-refractivity contribution >= 4 is 27.7 Å². The second-order valence-corrected chi connectivity index (χ2v) is 5.61. The van der Waals surface area contributed by atoms with Gasteiger partial charge in [-0.2, -0.15) is 0 Å². The van der Waals surface area contributed by atoms with Gasteiger partial charge in [0.15, 0.2) is 0 Å². The Balaban J connectivity index is 2.05. The first kappa shape index (κ1) is 12.7. The van der Waals surface area contributed by atoms with E-state index >= 15 is 0 Å². The van der Waals surface area contributed by atoms with E-state index in [2.05, 4.69) is 58.4 Å². The molecule has 1 nitrogen and oxygen atoms in total. The summed E-state index contributed by atoms with van der Waals surface area (Å²) >= 11 is 5.39. The normalized spacial score (nSPS) is 10.5. The van der Waals surface area contributed by atoms with E-state index in [0.717, 1.165) is 10.2 Å². The number of thioether (sulfide) groups is 1. The Labute approximate surface area is 115 Å². The molecule has 0 atom stereocenters. The summed E-state index contributed by atoms with van der Waals surface area (Å²) in [6, 6.07) is 16.7. The predicted molar refractivity (Wildman–Crippen MR) is 78.0 cm³/mol. The molecule has 2 N–H and O–H groups in total. The molecule has 3 heteroatoms. The van der Waals surface area contributed by atoms with Crippen molar-refractivity contribution in [2.45, 2.75) is 17.2 Å². The van der Waals surface area contributed by atoms with Crippen molar-refractivity contribution in [2.24, 2.45) is 5.73 Å². The molecule has 0 fully saturated rings. The van der Waals surface area contributed by atoms with Crippen LogP contribution in [0.25, 0.3) is 0 Å². The third kappa shape index (κ3) is 3.60. The maximum absolute atomic E-state index is 5.64. The maximum atomic E-state index is 5.64. The topological polar surface area (TPSA) is 26.0 Å². The standard InChI is InChI=1S/C14H14BrNS/c15-13-6-1-2-7-14(13)17-10-12-5-3-4-11(8-12)9-16/h1-8H,9-10,16H2. The van der Waals surface area contributed by atoms with Crippen molar-refractivity contribution in [1.82, 2.24) is 0 Å². The number of halogens is 1. The van der Waals surface area contributed by atoms with E-state index in [9.17, 15) is 0 Å². The molecule has 2 aromatic rings. The van der Waals surface area contributed by atoms with Crippen molar-refractivity contribution < 1.29 is 0 Å². The highest BCUT2D eigenvalue weighted by Gasteiger charge is 2.00. The summed E-state index contributed by atoms with van der Waals surface area (Å²) in [4.78, 5) is 1.27. The molecular formula is C14H14BrNS. The fourth-order valence-corrected chi connectivity index (χ4v) is 3.08. The van der Waals surface area contributed by atoms with Gasteiger partial charge in [0, 0.05) is 21.7 Å². The van der Waals surface area contributed by atoms with Gasteiger partial charge in [-0.1, -0.05) is 36.4 Å². The van der Waals surface area contributed by atoms with Crippen molar-refractivity contribution in [3.63, 3.8) is 0 Å². The van der Waals surface area contributed by atoms with E-state index in [1.54, 1.807) is 0 Å². The molecule has 0 saturated carbocycles. The Morgan fingerprint density at radius 2 is 1.76 bits per heavy atom. The van der Waals surface area contributed by atoms with Gasteiger partial charge in [0.05, 0.1) is 0 Å². The lowest BCUT2D eigenvalue weighted by atomic mass is 10.1. The van der Waals surface area contributed by atoms with Gasteiger partial charge in [0.1, 0.15) is 0 Å². The van der Waals surface area contributed by atoms with Gasteiger partial charge >= 0.3 is 0 Å². The van der Waals surface area contributed by atoms with Crippen LogP contribution in [0, 0.1) is 0 Å². The fraction of sp³-hybridized carbons (Fsp3) is 0.143. The van der Waals surface area contributed by atoms with E-state index in [4.69, 9.17) is 5.73 Å². The number of hydrogen-bond acceptors (Lipinski definition) is 2. The third-order valence-corrected chi connectivity index (χ3v) is 4.56. The van der Waals surface area contributed by atoms with Gasteiger partial charge in [-0.15, -0.1) is 11.8 Å². The van der Waals surface area contributed by atoms with Crippen LogP contribution in [0.2, 0.25) is 0 Å². The van der Waals surface area contributed by atoms with E-state index < -0.39 is 0 Å². The van der Waals surface area contributed by atoms with Crippen molar-refractivity contribution in [3.05, 3.63) is 64.1 Å². The molecule has 0 aliphatic heterocycles. The SMILES string of the molecule is NCc1cccc(CSc2ccccc2Br)c1. The van der Waals surface area contributed by atoms with Crippen molar-refractivity contribution in [2.75, 3.05) is 0 Å². The van der Waals surface area contributed by atoms with Crippen LogP contribution in [-0.4, -0.2) is 0 Å². The van der Waals surface area contributed by atoms with Crippen LogP contribution in [0.4, 0.5) is 0 Å². The monoisotopic (exact) mass is 307 g/mol. The van der Waals surface area contributed by atoms with Crippen LogP contribution in [-0.2, 0) is 12.3 Å². The van der Waals surface area contributed by atoms with Crippen LogP contribution in [0.15, 0.2) is 57.9 Å². The lowest BCUT2D eigenvalue weighted by Crippen LogP contribution is -1.96. The van der Waals surface area contributed by atoms with Crippen molar-refractivity contribution in [3.8, 4) is 0 Å². The average molecular weight is 308 g/mol. The first-order valence-electron chi connectivity index (χ1n) is 5.45. The molecule has 0 saturated heterocycles. The molecule has 0 amide bonds. The fourth-order valence-electron chi connectivity index (χ4n) is 1.57. The molecule has 0 unspecified atom stereocenters. The molecule has 0 spiro atoms. The minimum Gasteiger partial charge on any atom is -0.326 e. The Bertz CT molecular complexity index is 499. The van der Waals surface area contributed by atoms with Gasteiger partial charge in [-0.25, -0.2) is 0 Å². The highest BCUT2D eigenvalue weighted by atomic mass is 79.9. The van der Waals surface area contributed by atoms with Crippen molar-refractivity contribution in [1.29, 1.82) is 0 Å². The molecule has 0 radical (unpaired) electrons. The second-order valence-electron chi connectivity index (χ2n) is 3.74. The summed E-state index contributed by atoms with van der Waals surface area (Å²) in [5.41, 5.74) is 8.14. The maximum Gasteiger partial charge on any atom is 0.0311 e. The van der Waals surface area contributed by atoms with E-state index in [1.165, 1.54) is 16.0 Å². The smallest absolute Gasteiger partial charge is 0.0311 e. The molecule has 0 aliphatic carbocycles. The minimum absolute atomic E-state index is 0.605. The number of nitrogens with two attached hydrogens (primary N) is 1. The molecular weight excluding hydrogens is 294 g/mol. The molecule has 0 aliphatic rings. The number of hydrogen-bond donors (Lipinski definition) is 1. The third-order valence-electron chi connectivity index (χ3n) is 2.46. The number of benzene rings is 2. The zero-order valence-electron chi connectivity index (χ0n) is 9.40. The summed E-state index contributed by atoms with van der Waals surface area (Å²) in [5, 5.41) is 0. The second kappa shape index (κ2) is 6.24. The van der Waals surface area contributed by atoms with Gasteiger partial charge in [0.25, 0.3) is 0 Å². The Morgan fingerprint density at radius 1 is 1.00 bits per heavy atom. The average Bonchev–Trinajstić information content (AvgIpc) is 2.38. The summed E-state index contributed by atoms with van der Waals surface area (Å²) in [6.07, 6.45) is 0. The zero-order valence-corrected chi connectivity index (χ0v) is 11.8. The predicted octanol–water partition coefficient (Wildman–Crippen LogP) is 4.20. The van der Waals surface area contributed by atoms with Crippen LogP contribution >= 0.6 is 27.7 Å². The summed E-state index contributed by atoms with van der Waals surface area (Å²) in [6.45, 7) is 0.605. The highest BCUT2D eigenvalue weighted by Crippen LogP contribution is 2.29. The summed E-state index contributed by atoms with van der Waals surface area (Å²) in [7, 11) is 0. The van der Waals surface area contributed by atoms with Crippen LogP contribution in [0.3, 0.4) is 0 Å². The number of rotatable bonds is 4. The van der Waals surface area contributed by atoms with Gasteiger partial charge < -0.3 is 5.73 Å². The van der Waals surface area contributed by atoms with E-state index in [-0.39, 0.29) is 0 Å². The zero-order chi connectivity index (χ0) is 12.1. The lowest BCUT2D eigenvalue weighted by molar-refractivity contribution is 1.06. The Morgan fingerprint density at radius 3 is 2.53 bits per heavy atom. The molecule has 0 heterocycles. The van der Waals surface area contributed by atoms with E-state index in [1.807, 2.05) is 17.8 Å². The minimum atomic E-state index is 0.605. The van der Waals surface area contributed by atoms with Gasteiger partial charge in [-0.3, -0.25) is 0 Å². The molecule has 2 aromatic carbocycles. The molecule has 0 bridgehead atoms. The molecule has 17 heavy (non-hydrogen) atoms. The summed E-state index contributed by atoms with van der Waals surface area (Å²) < 4.78 is 1.15. The largest absolute Gasteiger partial charge is 0.326 e. The quantitative estimate of drug-likeness (QED) is 0.857. The van der Waals surface area contributed by atoms with Crippen LogP contribution in [0.1, 0.15) is 11.1 Å². The Hall–Kier alpha value is -0.770. The first-order chi connectivity index (χ1) is 8.29. The first-order valence-corrected chi connectivity index (χ1v) is 7.22.